The second-order valence-electron chi connectivity index (χ2n) is 6.99. The quantitative estimate of drug-likeness (QED) is 0.613. The van der Waals surface area contributed by atoms with Crippen LogP contribution < -0.4 is 5.32 Å². The van der Waals surface area contributed by atoms with Crippen LogP contribution in [0.5, 0.6) is 0 Å². The molecule has 0 radical (unpaired) electrons. The van der Waals surface area contributed by atoms with Crippen LogP contribution >= 0.6 is 11.6 Å². The Kier molecular flexibility index (Phi) is 5.37. The third kappa shape index (κ3) is 3.84. The number of hydrogen-bond acceptors (Lipinski definition) is 3. The minimum Gasteiger partial charge on any atom is -0.307 e. The van der Waals surface area contributed by atoms with E-state index in [1.165, 1.54) is 12.1 Å². The Morgan fingerprint density at radius 3 is 2.17 bits per heavy atom. The number of amides is 2. The van der Waals surface area contributed by atoms with Gasteiger partial charge in [-0.3, -0.25) is 0 Å². The summed E-state index contributed by atoms with van der Waals surface area (Å²) in [6.45, 7) is 1.87. The van der Waals surface area contributed by atoms with Gasteiger partial charge in [0, 0.05) is 10.7 Å². The molecule has 1 atom stereocenters. The van der Waals surface area contributed by atoms with Crippen molar-refractivity contribution in [2.45, 2.75) is 17.9 Å². The molecule has 30 heavy (non-hydrogen) atoms. The van der Waals surface area contributed by atoms with Gasteiger partial charge in [-0.25, -0.2) is 17.5 Å². The molecule has 1 heterocycles. The van der Waals surface area contributed by atoms with Crippen LogP contribution in [0.4, 0.5) is 4.79 Å². The summed E-state index contributed by atoms with van der Waals surface area (Å²) in [6.07, 6.45) is 1.74. The monoisotopic (exact) mass is 438 g/mol. The van der Waals surface area contributed by atoms with Gasteiger partial charge in [-0.1, -0.05) is 71.8 Å². The highest BCUT2D eigenvalue weighted by atomic mass is 35.5. The van der Waals surface area contributed by atoms with E-state index in [2.05, 4.69) is 5.32 Å². The summed E-state index contributed by atoms with van der Waals surface area (Å²) in [5.74, 6) is 0. The van der Waals surface area contributed by atoms with Gasteiger partial charge in [-0.15, -0.1) is 0 Å². The van der Waals surface area contributed by atoms with E-state index in [-0.39, 0.29) is 4.90 Å². The van der Waals surface area contributed by atoms with E-state index in [1.54, 1.807) is 42.5 Å². The molecule has 4 rings (SSSR count). The molecule has 0 aromatic heterocycles. The van der Waals surface area contributed by atoms with E-state index in [1.807, 2.05) is 37.3 Å². The van der Waals surface area contributed by atoms with Crippen LogP contribution in [-0.2, 0) is 10.0 Å². The molecule has 1 N–H and O–H groups in total. The van der Waals surface area contributed by atoms with Gasteiger partial charge in [0.05, 0.1) is 10.9 Å². The molecule has 5 nitrogen and oxygen atoms in total. The molecule has 1 aliphatic rings. The Morgan fingerprint density at radius 1 is 0.900 bits per heavy atom. The Balaban J connectivity index is 1.86. The standard InChI is InChI=1S/C23H19ClN2O3S/c1-16-7-13-20(14-8-16)30(28,29)26-22(18-9-11-19(24)12-10-18)15-21(25-23(26)27)17-5-3-2-4-6-17/h2-15,22H,1H3,(H,25,27). The molecule has 1 unspecified atom stereocenters. The van der Waals surface area contributed by atoms with Crippen LogP contribution in [0.25, 0.3) is 5.70 Å². The normalized spacial score (nSPS) is 16.7. The number of rotatable bonds is 4. The number of hydrogen-bond donors (Lipinski definition) is 1. The first-order chi connectivity index (χ1) is 14.4. The molecule has 3 aromatic rings. The zero-order chi connectivity index (χ0) is 21.3. The maximum absolute atomic E-state index is 13.4. The van der Waals surface area contributed by atoms with Crippen molar-refractivity contribution >= 4 is 33.4 Å². The van der Waals surface area contributed by atoms with Crippen LogP contribution in [0.3, 0.4) is 0 Å². The number of benzene rings is 3. The lowest BCUT2D eigenvalue weighted by Gasteiger charge is -2.34. The predicted octanol–water partition coefficient (Wildman–Crippen LogP) is 5.14. The number of halogens is 1. The van der Waals surface area contributed by atoms with E-state index in [0.717, 1.165) is 15.4 Å². The minimum atomic E-state index is -4.10. The Morgan fingerprint density at radius 2 is 1.53 bits per heavy atom. The lowest BCUT2D eigenvalue weighted by atomic mass is 10.0. The molecule has 0 fully saturated rings. The maximum Gasteiger partial charge on any atom is 0.336 e. The van der Waals surface area contributed by atoms with E-state index in [0.29, 0.717) is 16.3 Å². The van der Waals surface area contributed by atoms with Crippen LogP contribution in [0.15, 0.2) is 89.8 Å². The third-order valence-electron chi connectivity index (χ3n) is 4.89. The molecule has 1 aliphatic heterocycles. The molecular weight excluding hydrogens is 420 g/mol. The summed E-state index contributed by atoms with van der Waals surface area (Å²) >= 11 is 6.01. The zero-order valence-electron chi connectivity index (χ0n) is 16.1. The summed E-state index contributed by atoms with van der Waals surface area (Å²) in [5.41, 5.74) is 2.91. The maximum atomic E-state index is 13.4. The Bertz CT molecular complexity index is 1210. The fraction of sp³-hybridized carbons (Fsp3) is 0.0870. The van der Waals surface area contributed by atoms with Crippen LogP contribution in [0.1, 0.15) is 22.7 Å². The van der Waals surface area contributed by atoms with Crippen LogP contribution in [0.2, 0.25) is 5.02 Å². The van der Waals surface area contributed by atoms with Crippen molar-refractivity contribution in [2.24, 2.45) is 0 Å². The van der Waals surface area contributed by atoms with Crippen molar-refractivity contribution in [3.05, 3.63) is 107 Å². The number of nitrogens with one attached hydrogen (secondary N) is 1. The van der Waals surface area contributed by atoms with Crippen LogP contribution in [-0.4, -0.2) is 18.8 Å². The van der Waals surface area contributed by atoms with Gasteiger partial charge in [0.2, 0.25) is 0 Å². The molecule has 152 valence electrons. The first-order valence-electron chi connectivity index (χ1n) is 9.31. The average molecular weight is 439 g/mol. The first kappa shape index (κ1) is 20.2. The molecule has 0 aliphatic carbocycles. The molecule has 0 spiro atoms. The lowest BCUT2D eigenvalue weighted by Crippen LogP contribution is -2.47. The van der Waals surface area contributed by atoms with Gasteiger partial charge in [-0.2, -0.15) is 0 Å². The van der Waals surface area contributed by atoms with Gasteiger partial charge < -0.3 is 5.32 Å². The average Bonchev–Trinajstić information content (AvgIpc) is 2.74. The third-order valence-corrected chi connectivity index (χ3v) is 6.92. The van der Waals surface area contributed by atoms with Gasteiger partial charge in [0.25, 0.3) is 10.0 Å². The topological polar surface area (TPSA) is 66.5 Å². The summed E-state index contributed by atoms with van der Waals surface area (Å²) < 4.78 is 27.7. The number of carbonyl (C=O) groups excluding carboxylic acids is 1. The summed E-state index contributed by atoms with van der Waals surface area (Å²) in [6, 6.07) is 21.0. The minimum absolute atomic E-state index is 0.0544. The van der Waals surface area contributed by atoms with Gasteiger partial charge >= 0.3 is 6.03 Å². The predicted molar refractivity (Wildman–Crippen MR) is 117 cm³/mol. The van der Waals surface area contributed by atoms with Crippen molar-refractivity contribution in [3.8, 4) is 0 Å². The molecule has 0 saturated heterocycles. The highest BCUT2D eigenvalue weighted by Crippen LogP contribution is 2.35. The number of carbonyl (C=O) groups is 1. The molecule has 0 bridgehead atoms. The highest BCUT2D eigenvalue weighted by Gasteiger charge is 2.39. The van der Waals surface area contributed by atoms with Gasteiger partial charge in [-0.05, 0) is 48.4 Å². The second-order valence-corrected chi connectivity index (χ2v) is 9.24. The van der Waals surface area contributed by atoms with Gasteiger partial charge in [0.1, 0.15) is 0 Å². The molecular formula is C23H19ClN2O3S. The second kappa shape index (κ2) is 7.97. The Labute approximate surface area is 180 Å². The fourth-order valence-corrected chi connectivity index (χ4v) is 4.90. The number of aryl methyl sites for hydroxylation is 1. The van der Waals surface area contributed by atoms with Crippen molar-refractivity contribution in [2.75, 3.05) is 0 Å². The number of sulfonamides is 1. The summed E-state index contributed by atoms with van der Waals surface area (Å²) in [4.78, 5) is 13.1. The van der Waals surface area contributed by atoms with Crippen LogP contribution in [0, 0.1) is 6.92 Å². The SMILES string of the molecule is Cc1ccc(S(=O)(=O)N2C(=O)NC(c3ccccc3)=CC2c2ccc(Cl)cc2)cc1. The highest BCUT2D eigenvalue weighted by molar-refractivity contribution is 7.89. The molecule has 3 aromatic carbocycles. The fourth-order valence-electron chi connectivity index (χ4n) is 3.32. The van der Waals surface area contributed by atoms with E-state index in [9.17, 15) is 13.2 Å². The number of urea groups is 1. The molecule has 0 saturated carbocycles. The van der Waals surface area contributed by atoms with Crippen molar-refractivity contribution in [3.63, 3.8) is 0 Å². The van der Waals surface area contributed by atoms with E-state index in [4.69, 9.17) is 11.6 Å². The van der Waals surface area contributed by atoms with Crippen molar-refractivity contribution in [1.29, 1.82) is 0 Å². The zero-order valence-corrected chi connectivity index (χ0v) is 17.7. The summed E-state index contributed by atoms with van der Waals surface area (Å²) in [7, 11) is -4.10. The largest absolute Gasteiger partial charge is 0.336 e. The van der Waals surface area contributed by atoms with E-state index >= 15 is 0 Å². The van der Waals surface area contributed by atoms with Crippen molar-refractivity contribution in [1.82, 2.24) is 9.62 Å². The Hall–Kier alpha value is -3.09. The molecule has 7 heteroatoms. The number of nitrogens with zero attached hydrogens (tertiary/aromatic N) is 1. The van der Waals surface area contributed by atoms with E-state index < -0.39 is 22.1 Å². The van der Waals surface area contributed by atoms with Gasteiger partial charge in [0.15, 0.2) is 0 Å². The first-order valence-corrected chi connectivity index (χ1v) is 11.1. The molecule has 2 amide bonds. The van der Waals surface area contributed by atoms with Crippen molar-refractivity contribution < 1.29 is 13.2 Å². The lowest BCUT2D eigenvalue weighted by molar-refractivity contribution is 0.219. The summed E-state index contributed by atoms with van der Waals surface area (Å²) in [5, 5.41) is 3.25. The smallest absolute Gasteiger partial charge is 0.307 e.